The average molecular weight is 529 g/mol. The number of carbonyl (C=O) groups excluding carboxylic acids is 1. The van der Waals surface area contributed by atoms with Crippen molar-refractivity contribution in [1.29, 1.82) is 0 Å². The summed E-state index contributed by atoms with van der Waals surface area (Å²) in [5.74, 6) is -0.560. The summed E-state index contributed by atoms with van der Waals surface area (Å²) < 4.78 is 51.4. The van der Waals surface area contributed by atoms with Gasteiger partial charge in [0.1, 0.15) is 24.0 Å². The second kappa shape index (κ2) is 11.1. The van der Waals surface area contributed by atoms with Gasteiger partial charge in [-0.15, -0.1) is 0 Å². The molecule has 0 bridgehead atoms. The number of nitrogens with zero attached hydrogens (tertiary/aromatic N) is 1. The van der Waals surface area contributed by atoms with Crippen molar-refractivity contribution in [2.45, 2.75) is 63.9 Å². The Kier molecular flexibility index (Phi) is 8.52. The summed E-state index contributed by atoms with van der Waals surface area (Å²) in [5, 5.41) is 13.0. The van der Waals surface area contributed by atoms with Crippen LogP contribution in [-0.4, -0.2) is 57.3 Å². The van der Waals surface area contributed by atoms with Crippen molar-refractivity contribution in [3.63, 3.8) is 0 Å². The molecule has 0 aliphatic carbocycles. The highest BCUT2D eigenvalue weighted by atomic mass is 31.2. The predicted molar refractivity (Wildman–Crippen MR) is 125 cm³/mol. The minimum atomic E-state index is -4.30. The molecule has 14 heteroatoms. The van der Waals surface area contributed by atoms with Gasteiger partial charge in [-0.1, -0.05) is 18.2 Å². The standard InChI is InChI=1S/C22H29FN3O9P/c1-13(2)33-19(29)14(3)25-36(31,35-15-8-6-5-7-9-15)32-12-16-18(28)22(4,23)20(34-16)26-11-10-17(27)24-21(26)30/h5-11,13-14,16,18,20,28H,12H2,1-4H3,(H,25,31)(H,24,27,30)/t14-,16+,18-,20-,22-,36+/m1/s1. The Morgan fingerprint density at radius 3 is 2.56 bits per heavy atom. The number of hydrogen-bond acceptors (Lipinski definition) is 9. The molecule has 0 saturated carbocycles. The van der Waals surface area contributed by atoms with Gasteiger partial charge >= 0.3 is 19.4 Å². The SMILES string of the molecule is CC(C)OC(=O)[C@@H](C)N[P@](=O)(OC[C@@H]1O[C@@H](n2ccc(=O)[nH]c2=O)[C@](C)(F)[C@@H]1O)Oc1ccccc1. The number of esters is 1. The van der Waals surface area contributed by atoms with Crippen molar-refractivity contribution in [1.82, 2.24) is 14.6 Å². The van der Waals surface area contributed by atoms with Crippen LogP contribution in [0.1, 0.15) is 33.9 Å². The lowest BCUT2D eigenvalue weighted by Crippen LogP contribution is -2.43. The van der Waals surface area contributed by atoms with E-state index in [0.29, 0.717) is 0 Å². The third-order valence-corrected chi connectivity index (χ3v) is 6.90. The third-order valence-electron chi connectivity index (χ3n) is 5.26. The summed E-state index contributed by atoms with van der Waals surface area (Å²) in [6, 6.07) is 7.86. The van der Waals surface area contributed by atoms with Crippen LogP contribution >= 0.6 is 7.75 Å². The van der Waals surface area contributed by atoms with Gasteiger partial charge in [-0.2, -0.15) is 5.09 Å². The number of carbonyl (C=O) groups is 1. The van der Waals surface area contributed by atoms with E-state index in [1.54, 1.807) is 32.0 Å². The maximum atomic E-state index is 15.4. The predicted octanol–water partition coefficient (Wildman–Crippen LogP) is 1.66. The fraction of sp³-hybridized carbons (Fsp3) is 0.500. The lowest BCUT2D eigenvalue weighted by atomic mass is 9.98. The summed E-state index contributed by atoms with van der Waals surface area (Å²) >= 11 is 0. The van der Waals surface area contributed by atoms with E-state index < -0.39 is 67.8 Å². The molecule has 0 radical (unpaired) electrons. The molecule has 3 N–H and O–H groups in total. The van der Waals surface area contributed by atoms with Crippen molar-refractivity contribution in [2.24, 2.45) is 0 Å². The van der Waals surface area contributed by atoms with E-state index in [0.717, 1.165) is 23.8 Å². The highest BCUT2D eigenvalue weighted by molar-refractivity contribution is 7.52. The molecule has 12 nitrogen and oxygen atoms in total. The van der Waals surface area contributed by atoms with Gasteiger partial charge in [-0.3, -0.25) is 23.7 Å². The molecule has 2 aromatic rings. The maximum absolute atomic E-state index is 15.4. The molecule has 2 heterocycles. The molecule has 0 unspecified atom stereocenters. The number of aliphatic hydroxyl groups excluding tert-OH is 1. The van der Waals surface area contributed by atoms with Gasteiger partial charge < -0.3 is 19.1 Å². The van der Waals surface area contributed by atoms with Crippen LogP contribution in [0.15, 0.2) is 52.2 Å². The maximum Gasteiger partial charge on any atom is 0.459 e. The molecule has 0 amide bonds. The van der Waals surface area contributed by atoms with Crippen molar-refractivity contribution in [3.8, 4) is 5.75 Å². The number of alkyl halides is 1. The van der Waals surface area contributed by atoms with Gasteiger partial charge in [0.15, 0.2) is 11.9 Å². The van der Waals surface area contributed by atoms with Crippen LogP contribution in [0.3, 0.4) is 0 Å². The molecular formula is C22H29FN3O9P. The quantitative estimate of drug-likeness (QED) is 0.305. The minimum absolute atomic E-state index is 0.152. The van der Waals surface area contributed by atoms with Gasteiger partial charge in [-0.25, -0.2) is 13.8 Å². The van der Waals surface area contributed by atoms with Crippen LogP contribution < -0.4 is 20.9 Å². The van der Waals surface area contributed by atoms with E-state index in [1.807, 2.05) is 4.98 Å². The van der Waals surface area contributed by atoms with Gasteiger partial charge in [0, 0.05) is 12.3 Å². The molecule has 1 aromatic carbocycles. The van der Waals surface area contributed by atoms with E-state index in [-0.39, 0.29) is 5.75 Å². The summed E-state index contributed by atoms with van der Waals surface area (Å²) in [7, 11) is -4.30. The molecule has 36 heavy (non-hydrogen) atoms. The number of hydrogen-bond donors (Lipinski definition) is 3. The molecule has 6 atom stereocenters. The van der Waals surface area contributed by atoms with Crippen LogP contribution in [0.25, 0.3) is 0 Å². The Labute approximate surface area is 205 Å². The molecule has 1 aliphatic heterocycles. The first-order valence-corrected chi connectivity index (χ1v) is 12.7. The Morgan fingerprint density at radius 2 is 1.94 bits per heavy atom. The fourth-order valence-electron chi connectivity index (χ4n) is 3.47. The number of rotatable bonds is 10. The molecule has 3 rings (SSSR count). The summed E-state index contributed by atoms with van der Waals surface area (Å²) in [6.45, 7) is 5.07. The molecule has 1 saturated heterocycles. The lowest BCUT2D eigenvalue weighted by molar-refractivity contribution is -0.149. The molecule has 1 fully saturated rings. The highest BCUT2D eigenvalue weighted by Crippen LogP contribution is 2.47. The van der Waals surface area contributed by atoms with Gasteiger partial charge in [0.05, 0.1) is 12.7 Å². The summed E-state index contributed by atoms with van der Waals surface area (Å²) in [6.07, 6.45) is -4.21. The fourth-order valence-corrected chi connectivity index (χ4v) is 4.97. The van der Waals surface area contributed by atoms with Crippen molar-refractivity contribution < 1.29 is 37.4 Å². The Bertz CT molecular complexity index is 1220. The number of nitrogens with one attached hydrogen (secondary N) is 2. The first kappa shape index (κ1) is 27.8. The topological polar surface area (TPSA) is 158 Å². The van der Waals surface area contributed by atoms with Crippen LogP contribution in [0.2, 0.25) is 0 Å². The zero-order chi connectivity index (χ0) is 26.7. The molecule has 198 valence electrons. The number of aliphatic hydroxyl groups is 1. The Morgan fingerprint density at radius 1 is 1.28 bits per heavy atom. The number of para-hydroxylation sites is 1. The van der Waals surface area contributed by atoms with Crippen LogP contribution in [-0.2, 0) is 23.4 Å². The zero-order valence-corrected chi connectivity index (χ0v) is 21.0. The minimum Gasteiger partial charge on any atom is -0.462 e. The second-order valence-electron chi connectivity index (χ2n) is 8.67. The zero-order valence-electron chi connectivity index (χ0n) is 20.1. The highest BCUT2D eigenvalue weighted by Gasteiger charge is 2.55. The number of aromatic nitrogens is 2. The van der Waals surface area contributed by atoms with Gasteiger partial charge in [-0.05, 0) is 39.8 Å². The van der Waals surface area contributed by atoms with Gasteiger partial charge in [0.25, 0.3) is 5.56 Å². The lowest BCUT2D eigenvalue weighted by Gasteiger charge is -2.25. The first-order valence-electron chi connectivity index (χ1n) is 11.1. The van der Waals surface area contributed by atoms with Crippen molar-refractivity contribution >= 4 is 13.7 Å². The molecule has 1 aliphatic rings. The number of benzene rings is 1. The number of halogens is 1. The van der Waals surface area contributed by atoms with Crippen LogP contribution in [0, 0.1) is 0 Å². The van der Waals surface area contributed by atoms with E-state index >= 15 is 4.39 Å². The van der Waals surface area contributed by atoms with Crippen LogP contribution in [0.5, 0.6) is 5.75 Å². The number of ether oxygens (including phenoxy) is 2. The monoisotopic (exact) mass is 529 g/mol. The van der Waals surface area contributed by atoms with Crippen molar-refractivity contribution in [3.05, 3.63) is 63.4 Å². The number of aromatic amines is 1. The molecule has 0 spiro atoms. The molecular weight excluding hydrogens is 500 g/mol. The Balaban J connectivity index is 1.80. The van der Waals surface area contributed by atoms with Gasteiger partial charge in [0.2, 0.25) is 0 Å². The van der Waals surface area contributed by atoms with E-state index in [1.165, 1.54) is 19.1 Å². The smallest absolute Gasteiger partial charge is 0.459 e. The van der Waals surface area contributed by atoms with Crippen LogP contribution in [0.4, 0.5) is 4.39 Å². The first-order chi connectivity index (χ1) is 16.8. The number of H-pyrrole nitrogens is 1. The average Bonchev–Trinajstić information content (AvgIpc) is 3.01. The largest absolute Gasteiger partial charge is 0.462 e. The third kappa shape index (κ3) is 6.48. The summed E-state index contributed by atoms with van der Waals surface area (Å²) in [5.41, 5.74) is -4.12. The Hall–Kier alpha value is -2.83. The van der Waals surface area contributed by atoms with E-state index in [9.17, 15) is 24.1 Å². The normalized spacial score (nSPS) is 26.4. The molecule has 1 aromatic heterocycles. The van der Waals surface area contributed by atoms with E-state index in [2.05, 4.69) is 5.09 Å². The van der Waals surface area contributed by atoms with E-state index in [4.69, 9.17) is 18.5 Å². The summed E-state index contributed by atoms with van der Waals surface area (Å²) in [4.78, 5) is 37.7. The van der Waals surface area contributed by atoms with Crippen molar-refractivity contribution in [2.75, 3.05) is 6.61 Å². The second-order valence-corrected chi connectivity index (χ2v) is 10.4.